The van der Waals surface area contributed by atoms with E-state index >= 15 is 0 Å². The van der Waals surface area contributed by atoms with Crippen molar-refractivity contribution < 1.29 is 19.1 Å². The van der Waals surface area contributed by atoms with Gasteiger partial charge in [-0.2, -0.15) is 0 Å². The minimum Gasteiger partial charge on any atom is -0.490 e. The second-order valence-corrected chi connectivity index (χ2v) is 4.17. The van der Waals surface area contributed by atoms with Crippen LogP contribution in [0, 0.1) is 5.82 Å². The molecule has 0 radical (unpaired) electrons. The van der Waals surface area contributed by atoms with Gasteiger partial charge in [-0.25, -0.2) is 9.87 Å². The third-order valence-electron chi connectivity index (χ3n) is 2.27. The van der Waals surface area contributed by atoms with Crippen molar-refractivity contribution in [3.8, 4) is 11.5 Å². The summed E-state index contributed by atoms with van der Waals surface area (Å²) in [6.45, 7) is 1.06. The van der Waals surface area contributed by atoms with E-state index in [4.69, 9.17) is 14.7 Å². The molecule has 1 heterocycles. The zero-order chi connectivity index (χ0) is 11.5. The molecule has 1 aromatic carbocycles. The Morgan fingerprint density at radius 2 is 2.19 bits per heavy atom. The van der Waals surface area contributed by atoms with Crippen LogP contribution < -0.4 is 15.0 Å². The first-order valence-electron chi connectivity index (χ1n) is 4.87. The molecule has 0 aliphatic carbocycles. The third kappa shape index (κ3) is 2.14. The van der Waals surface area contributed by atoms with E-state index in [0.29, 0.717) is 30.3 Å². The average Bonchev–Trinajstić information content (AvgIpc) is 2.51. The Balaban J connectivity index is 2.46. The number of hydroxylamine groups is 1. The van der Waals surface area contributed by atoms with Gasteiger partial charge in [-0.1, -0.05) is 0 Å². The molecule has 0 bridgehead atoms. The largest absolute Gasteiger partial charge is 0.490 e. The second kappa shape index (κ2) is 4.99. The molecule has 16 heavy (non-hydrogen) atoms. The van der Waals surface area contributed by atoms with E-state index in [2.05, 4.69) is 15.9 Å². The predicted octanol–water partition coefficient (Wildman–Crippen LogP) is 2.23. The maximum Gasteiger partial charge on any atom is 0.178 e. The number of benzene rings is 1. The minimum absolute atomic E-state index is 0.0150. The van der Waals surface area contributed by atoms with E-state index < -0.39 is 5.82 Å². The van der Waals surface area contributed by atoms with Gasteiger partial charge in [0.15, 0.2) is 11.5 Å². The van der Waals surface area contributed by atoms with Crippen LogP contribution in [-0.4, -0.2) is 18.4 Å². The van der Waals surface area contributed by atoms with Crippen LogP contribution in [-0.2, 0) is 6.54 Å². The van der Waals surface area contributed by atoms with Gasteiger partial charge in [-0.05, 0) is 22.0 Å². The number of fused-ring (bicyclic) bond motifs is 1. The first kappa shape index (κ1) is 11.6. The van der Waals surface area contributed by atoms with Crippen LogP contribution in [0.15, 0.2) is 10.5 Å². The fraction of sp³-hybridized carbons (Fsp3) is 0.400. The van der Waals surface area contributed by atoms with Crippen molar-refractivity contribution in [2.75, 3.05) is 13.2 Å². The lowest BCUT2D eigenvalue weighted by Crippen LogP contribution is -2.09. The van der Waals surface area contributed by atoms with E-state index in [1.807, 2.05) is 5.48 Å². The highest BCUT2D eigenvalue weighted by atomic mass is 79.9. The molecule has 0 spiro atoms. The predicted molar refractivity (Wildman–Crippen MR) is 58.3 cm³/mol. The van der Waals surface area contributed by atoms with E-state index in [0.717, 1.165) is 6.42 Å². The summed E-state index contributed by atoms with van der Waals surface area (Å²) in [6.07, 6.45) is 0.760. The second-order valence-electron chi connectivity index (χ2n) is 3.38. The summed E-state index contributed by atoms with van der Waals surface area (Å²) >= 11 is 3.13. The van der Waals surface area contributed by atoms with Gasteiger partial charge in [0.25, 0.3) is 0 Å². The SMILES string of the molecule is ONCc1cc2c(c(Br)c1F)OCCCO2. The molecule has 2 rings (SSSR count). The molecule has 0 unspecified atom stereocenters. The molecule has 0 fully saturated rings. The molecular formula is C10H11BrFNO3. The zero-order valence-electron chi connectivity index (χ0n) is 8.43. The molecular weight excluding hydrogens is 281 g/mol. The molecule has 2 N–H and O–H groups in total. The van der Waals surface area contributed by atoms with Gasteiger partial charge in [-0.15, -0.1) is 0 Å². The van der Waals surface area contributed by atoms with Crippen molar-refractivity contribution >= 4 is 15.9 Å². The number of nitrogens with one attached hydrogen (secondary N) is 1. The maximum absolute atomic E-state index is 13.8. The average molecular weight is 292 g/mol. The van der Waals surface area contributed by atoms with Crippen LogP contribution in [0.3, 0.4) is 0 Å². The lowest BCUT2D eigenvalue weighted by molar-refractivity contribution is 0.159. The third-order valence-corrected chi connectivity index (χ3v) is 2.97. The van der Waals surface area contributed by atoms with Gasteiger partial charge in [0.2, 0.25) is 0 Å². The molecule has 4 nitrogen and oxygen atoms in total. The fourth-order valence-electron chi connectivity index (χ4n) is 1.51. The maximum atomic E-state index is 13.8. The molecule has 0 amide bonds. The van der Waals surface area contributed by atoms with Crippen LogP contribution in [0.1, 0.15) is 12.0 Å². The van der Waals surface area contributed by atoms with Gasteiger partial charge in [0, 0.05) is 18.5 Å². The standard InChI is InChI=1S/C10H11BrFNO3/c11-8-9(12)6(5-13-14)4-7-10(8)16-3-1-2-15-7/h4,13-14H,1-3,5H2. The molecule has 0 atom stereocenters. The van der Waals surface area contributed by atoms with E-state index in [-0.39, 0.29) is 11.0 Å². The summed E-state index contributed by atoms with van der Waals surface area (Å²) in [4.78, 5) is 0. The Morgan fingerprint density at radius 3 is 2.94 bits per heavy atom. The van der Waals surface area contributed by atoms with E-state index in [1.165, 1.54) is 6.07 Å². The normalized spacial score (nSPS) is 14.7. The van der Waals surface area contributed by atoms with Crippen molar-refractivity contribution in [3.05, 3.63) is 21.9 Å². The first-order chi connectivity index (χ1) is 7.74. The topological polar surface area (TPSA) is 50.7 Å². The number of rotatable bonds is 2. The van der Waals surface area contributed by atoms with Gasteiger partial charge >= 0.3 is 0 Å². The highest BCUT2D eigenvalue weighted by Crippen LogP contribution is 2.40. The van der Waals surface area contributed by atoms with Crippen LogP contribution in [0.25, 0.3) is 0 Å². The smallest absolute Gasteiger partial charge is 0.178 e. The Bertz CT molecular complexity index is 400. The Morgan fingerprint density at radius 1 is 1.44 bits per heavy atom. The highest BCUT2D eigenvalue weighted by Gasteiger charge is 2.20. The van der Waals surface area contributed by atoms with E-state index in [9.17, 15) is 4.39 Å². The molecule has 88 valence electrons. The van der Waals surface area contributed by atoms with Gasteiger partial charge in [-0.3, -0.25) is 0 Å². The van der Waals surface area contributed by atoms with Crippen LogP contribution in [0.4, 0.5) is 4.39 Å². The molecule has 6 heteroatoms. The van der Waals surface area contributed by atoms with Gasteiger partial charge in [0.05, 0.1) is 17.7 Å². The van der Waals surface area contributed by atoms with Crippen LogP contribution in [0.5, 0.6) is 11.5 Å². The lowest BCUT2D eigenvalue weighted by atomic mass is 10.2. The van der Waals surface area contributed by atoms with Crippen LogP contribution in [0.2, 0.25) is 0 Å². The lowest BCUT2D eigenvalue weighted by Gasteiger charge is -2.12. The Kier molecular flexibility index (Phi) is 3.63. The Labute approximate surface area is 100 Å². The van der Waals surface area contributed by atoms with Gasteiger partial charge < -0.3 is 14.7 Å². The summed E-state index contributed by atoms with van der Waals surface area (Å²) in [6, 6.07) is 1.53. The number of hydrogen-bond donors (Lipinski definition) is 2. The van der Waals surface area contributed by atoms with Crippen molar-refractivity contribution in [2.24, 2.45) is 0 Å². The number of hydrogen-bond acceptors (Lipinski definition) is 4. The molecule has 1 aliphatic heterocycles. The zero-order valence-corrected chi connectivity index (χ0v) is 10.0. The minimum atomic E-state index is -0.453. The van der Waals surface area contributed by atoms with Gasteiger partial charge in [0.1, 0.15) is 5.82 Å². The summed E-state index contributed by atoms with van der Waals surface area (Å²) in [7, 11) is 0. The Hall–Kier alpha value is -0.850. The molecule has 0 saturated carbocycles. The van der Waals surface area contributed by atoms with Crippen molar-refractivity contribution in [2.45, 2.75) is 13.0 Å². The molecule has 0 aromatic heterocycles. The summed E-state index contributed by atoms with van der Waals surface area (Å²) in [5.74, 6) is 0.429. The van der Waals surface area contributed by atoms with E-state index in [1.54, 1.807) is 0 Å². The van der Waals surface area contributed by atoms with Crippen LogP contribution >= 0.6 is 15.9 Å². The summed E-state index contributed by atoms with van der Waals surface area (Å²) in [5.41, 5.74) is 2.24. The van der Waals surface area contributed by atoms with Crippen molar-refractivity contribution in [1.82, 2.24) is 5.48 Å². The first-order valence-corrected chi connectivity index (χ1v) is 5.66. The molecule has 1 aromatic rings. The monoisotopic (exact) mass is 291 g/mol. The molecule has 1 aliphatic rings. The summed E-state index contributed by atoms with van der Waals surface area (Å²) < 4.78 is 24.8. The summed E-state index contributed by atoms with van der Waals surface area (Å²) in [5, 5.41) is 8.59. The molecule has 0 saturated heterocycles. The van der Waals surface area contributed by atoms with Crippen molar-refractivity contribution in [1.29, 1.82) is 0 Å². The fourth-order valence-corrected chi connectivity index (χ4v) is 2.07. The van der Waals surface area contributed by atoms with Crippen molar-refractivity contribution in [3.63, 3.8) is 0 Å². The highest BCUT2D eigenvalue weighted by molar-refractivity contribution is 9.10. The number of ether oxygens (including phenoxy) is 2. The quantitative estimate of drug-likeness (QED) is 0.821. The number of halogens is 2.